The first-order valence-corrected chi connectivity index (χ1v) is 10.9. The van der Waals surface area contributed by atoms with Gasteiger partial charge < -0.3 is 24.0 Å². The first-order chi connectivity index (χ1) is 12.8. The van der Waals surface area contributed by atoms with Crippen molar-refractivity contribution in [3.63, 3.8) is 0 Å². The van der Waals surface area contributed by atoms with Gasteiger partial charge in [0.15, 0.2) is 0 Å². The Bertz CT molecular complexity index is 429. The second kappa shape index (κ2) is 8.87. The Balaban J connectivity index is 1.32. The van der Waals surface area contributed by atoms with Crippen LogP contribution in [0, 0.1) is 17.3 Å². The third-order valence-corrected chi connectivity index (χ3v) is 7.37. The van der Waals surface area contributed by atoms with E-state index >= 15 is 0 Å². The fraction of sp³-hybridized carbons (Fsp3) is 1.00. The molecule has 26 heavy (non-hydrogen) atoms. The van der Waals surface area contributed by atoms with E-state index < -0.39 is 0 Å². The number of rotatable bonds is 8. The summed E-state index contributed by atoms with van der Waals surface area (Å²) in [6.07, 6.45) is 7.89. The molecule has 0 aromatic rings. The van der Waals surface area contributed by atoms with E-state index in [0.717, 1.165) is 51.5 Å². The van der Waals surface area contributed by atoms with Crippen LogP contribution in [0.25, 0.3) is 0 Å². The lowest BCUT2D eigenvalue weighted by molar-refractivity contribution is -0.0165. The van der Waals surface area contributed by atoms with Gasteiger partial charge in [0.05, 0.1) is 13.2 Å². The summed E-state index contributed by atoms with van der Waals surface area (Å²) in [5.41, 5.74) is 0.471. The normalized spacial score (nSPS) is 31.0. The number of nitrogens with zero attached hydrogens (tertiary/aromatic N) is 2. The fourth-order valence-corrected chi connectivity index (χ4v) is 5.38. The minimum atomic E-state index is 0.471. The lowest BCUT2D eigenvalue weighted by Crippen LogP contribution is -2.50. The Morgan fingerprint density at radius 3 is 2.50 bits per heavy atom. The maximum Gasteiger partial charge on any atom is 0.0589 e. The van der Waals surface area contributed by atoms with Gasteiger partial charge in [0, 0.05) is 58.5 Å². The quantitative estimate of drug-likeness (QED) is 0.658. The van der Waals surface area contributed by atoms with E-state index in [9.17, 15) is 0 Å². The molecule has 0 N–H and O–H groups in total. The molecule has 0 radical (unpaired) electrons. The molecule has 0 aromatic carbocycles. The molecule has 4 fully saturated rings. The van der Waals surface area contributed by atoms with Gasteiger partial charge in [-0.2, -0.15) is 0 Å². The Morgan fingerprint density at radius 1 is 1.04 bits per heavy atom. The molecule has 0 bridgehead atoms. The van der Waals surface area contributed by atoms with Crippen LogP contribution in [0.5, 0.6) is 0 Å². The molecule has 5 nitrogen and oxygen atoms in total. The molecule has 1 saturated carbocycles. The lowest BCUT2D eigenvalue weighted by atomic mass is 9.71. The second-order valence-electron chi connectivity index (χ2n) is 9.15. The molecule has 3 saturated heterocycles. The van der Waals surface area contributed by atoms with Crippen LogP contribution in [0.15, 0.2) is 0 Å². The van der Waals surface area contributed by atoms with Crippen molar-refractivity contribution >= 4 is 0 Å². The Hall–Kier alpha value is -0.200. The summed E-state index contributed by atoms with van der Waals surface area (Å²) in [6.45, 7) is 10.8. The highest BCUT2D eigenvalue weighted by atomic mass is 16.5. The third kappa shape index (κ3) is 4.61. The van der Waals surface area contributed by atoms with E-state index in [1.54, 1.807) is 0 Å². The number of hydrogen-bond donors (Lipinski definition) is 0. The maximum atomic E-state index is 6.18. The van der Waals surface area contributed by atoms with Gasteiger partial charge in [0.25, 0.3) is 0 Å². The zero-order valence-corrected chi connectivity index (χ0v) is 16.7. The standard InChI is InChI=1S/C21H38N2O3/c1-24-13-10-22-14-19(16-26-15-18-2-3-18)21(17-22)6-8-23(9-7-21)20-4-11-25-12-5-20/h18-20H,2-17H2,1H3. The topological polar surface area (TPSA) is 34.2 Å². The fourth-order valence-electron chi connectivity index (χ4n) is 5.38. The van der Waals surface area contributed by atoms with Gasteiger partial charge in [0.1, 0.15) is 0 Å². The molecule has 1 unspecified atom stereocenters. The number of methoxy groups -OCH3 is 1. The predicted molar refractivity (Wildman–Crippen MR) is 102 cm³/mol. The van der Waals surface area contributed by atoms with Crippen LogP contribution >= 0.6 is 0 Å². The van der Waals surface area contributed by atoms with Gasteiger partial charge >= 0.3 is 0 Å². The van der Waals surface area contributed by atoms with Crippen LogP contribution in [0.2, 0.25) is 0 Å². The molecule has 5 heteroatoms. The summed E-state index contributed by atoms with van der Waals surface area (Å²) in [5, 5.41) is 0. The zero-order chi connectivity index (χ0) is 17.8. The Morgan fingerprint density at radius 2 is 1.81 bits per heavy atom. The highest BCUT2D eigenvalue weighted by molar-refractivity contribution is 5.00. The zero-order valence-electron chi connectivity index (χ0n) is 16.7. The van der Waals surface area contributed by atoms with Crippen LogP contribution in [0.4, 0.5) is 0 Å². The highest BCUT2D eigenvalue weighted by Gasteiger charge is 2.48. The summed E-state index contributed by atoms with van der Waals surface area (Å²) >= 11 is 0. The smallest absolute Gasteiger partial charge is 0.0589 e. The van der Waals surface area contributed by atoms with Gasteiger partial charge in [-0.3, -0.25) is 0 Å². The van der Waals surface area contributed by atoms with Gasteiger partial charge in [-0.15, -0.1) is 0 Å². The minimum absolute atomic E-state index is 0.471. The minimum Gasteiger partial charge on any atom is -0.383 e. The number of hydrogen-bond acceptors (Lipinski definition) is 5. The SMILES string of the molecule is COCCN1CC(COCC2CC2)C2(CCN(C3CCOCC3)CC2)C1. The van der Waals surface area contributed by atoms with E-state index in [4.69, 9.17) is 14.2 Å². The Kier molecular flexibility index (Phi) is 6.53. The summed E-state index contributed by atoms with van der Waals surface area (Å²) in [7, 11) is 1.81. The van der Waals surface area contributed by atoms with Crippen molar-refractivity contribution in [3.8, 4) is 0 Å². The van der Waals surface area contributed by atoms with E-state index in [0.29, 0.717) is 11.3 Å². The average molecular weight is 367 g/mol. The van der Waals surface area contributed by atoms with Crippen LogP contribution in [0.1, 0.15) is 38.5 Å². The molecule has 3 heterocycles. The molecule has 1 spiro atoms. The van der Waals surface area contributed by atoms with Crippen molar-refractivity contribution in [2.24, 2.45) is 17.3 Å². The molecule has 0 aromatic heterocycles. The predicted octanol–water partition coefficient (Wildman–Crippen LogP) is 2.25. The van der Waals surface area contributed by atoms with Gasteiger partial charge in [-0.1, -0.05) is 0 Å². The molecule has 1 atom stereocenters. The molecule has 0 amide bonds. The van der Waals surface area contributed by atoms with Crippen LogP contribution in [0.3, 0.4) is 0 Å². The van der Waals surface area contributed by atoms with Crippen molar-refractivity contribution in [1.82, 2.24) is 9.80 Å². The molecule has 3 aliphatic heterocycles. The molecule has 1 aliphatic carbocycles. The second-order valence-corrected chi connectivity index (χ2v) is 9.15. The van der Waals surface area contributed by atoms with Gasteiger partial charge in [0.2, 0.25) is 0 Å². The Labute approximate surface area is 159 Å². The maximum absolute atomic E-state index is 6.18. The molecule has 4 aliphatic rings. The summed E-state index contributed by atoms with van der Waals surface area (Å²) < 4.78 is 17.1. The highest BCUT2D eigenvalue weighted by Crippen LogP contribution is 2.45. The largest absolute Gasteiger partial charge is 0.383 e. The summed E-state index contributed by atoms with van der Waals surface area (Å²) in [4.78, 5) is 5.40. The van der Waals surface area contributed by atoms with E-state index in [-0.39, 0.29) is 0 Å². The lowest BCUT2D eigenvalue weighted by Gasteiger charge is -2.46. The first-order valence-electron chi connectivity index (χ1n) is 10.9. The van der Waals surface area contributed by atoms with Crippen molar-refractivity contribution in [2.45, 2.75) is 44.6 Å². The van der Waals surface area contributed by atoms with Crippen molar-refractivity contribution < 1.29 is 14.2 Å². The van der Waals surface area contributed by atoms with Crippen molar-refractivity contribution in [1.29, 1.82) is 0 Å². The monoisotopic (exact) mass is 366 g/mol. The number of likely N-dealkylation sites (tertiary alicyclic amines) is 2. The van der Waals surface area contributed by atoms with Crippen molar-refractivity contribution in [2.75, 3.05) is 72.9 Å². The first kappa shape index (κ1) is 19.1. The average Bonchev–Trinajstić information content (AvgIpc) is 3.45. The van der Waals surface area contributed by atoms with E-state index in [1.807, 2.05) is 7.11 Å². The van der Waals surface area contributed by atoms with E-state index in [2.05, 4.69) is 9.80 Å². The number of piperidine rings is 1. The third-order valence-electron chi connectivity index (χ3n) is 7.37. The number of ether oxygens (including phenoxy) is 3. The molecular formula is C21H38N2O3. The summed E-state index contributed by atoms with van der Waals surface area (Å²) in [6, 6.07) is 0.761. The van der Waals surface area contributed by atoms with Crippen molar-refractivity contribution in [3.05, 3.63) is 0 Å². The molecule has 4 rings (SSSR count). The summed E-state index contributed by atoms with van der Waals surface area (Å²) in [5.74, 6) is 1.57. The van der Waals surface area contributed by atoms with Gasteiger partial charge in [-0.05, 0) is 62.9 Å². The van der Waals surface area contributed by atoms with Crippen LogP contribution in [-0.2, 0) is 14.2 Å². The van der Waals surface area contributed by atoms with E-state index in [1.165, 1.54) is 64.7 Å². The van der Waals surface area contributed by atoms with Crippen LogP contribution in [-0.4, -0.2) is 88.7 Å². The van der Waals surface area contributed by atoms with Crippen LogP contribution < -0.4 is 0 Å². The van der Waals surface area contributed by atoms with Gasteiger partial charge in [-0.25, -0.2) is 0 Å². The molecular weight excluding hydrogens is 328 g/mol. The molecule has 150 valence electrons.